The maximum atomic E-state index is 5.72. The second-order valence-corrected chi connectivity index (χ2v) is 6.95. The van der Waals surface area contributed by atoms with Gasteiger partial charge in [-0.3, -0.25) is 0 Å². The van der Waals surface area contributed by atoms with Crippen molar-refractivity contribution in [2.75, 3.05) is 20.3 Å². The summed E-state index contributed by atoms with van der Waals surface area (Å²) in [5.41, 5.74) is 0.485. The molecule has 1 aliphatic carbocycles. The Labute approximate surface area is 114 Å². The predicted octanol–water partition coefficient (Wildman–Crippen LogP) is 3.85. The Kier molecular flexibility index (Phi) is 6.65. The average Bonchev–Trinajstić information content (AvgIpc) is 2.34. The van der Waals surface area contributed by atoms with Crippen LogP contribution in [0.25, 0.3) is 0 Å². The zero-order valence-corrected chi connectivity index (χ0v) is 13.1. The summed E-state index contributed by atoms with van der Waals surface area (Å²) in [5, 5.41) is 3.46. The third kappa shape index (κ3) is 4.89. The molecule has 2 heteroatoms. The van der Waals surface area contributed by atoms with Gasteiger partial charge in [0.25, 0.3) is 0 Å². The molecule has 1 rings (SSSR count). The summed E-state index contributed by atoms with van der Waals surface area (Å²) < 4.78 is 5.72. The van der Waals surface area contributed by atoms with E-state index in [2.05, 4.69) is 40.1 Å². The highest BCUT2D eigenvalue weighted by Gasteiger charge is 2.32. The third-order valence-electron chi connectivity index (χ3n) is 4.58. The van der Waals surface area contributed by atoms with Gasteiger partial charge in [-0.05, 0) is 56.4 Å². The molecular formula is C16H33NO. The molecule has 1 fully saturated rings. The Hall–Kier alpha value is -0.0800. The lowest BCUT2D eigenvalue weighted by Crippen LogP contribution is -2.40. The highest BCUT2D eigenvalue weighted by Crippen LogP contribution is 2.40. The van der Waals surface area contributed by atoms with Gasteiger partial charge in [-0.25, -0.2) is 0 Å². The molecule has 0 aromatic rings. The lowest BCUT2D eigenvalue weighted by atomic mass is 9.68. The normalized spacial score (nSPS) is 27.2. The van der Waals surface area contributed by atoms with Crippen LogP contribution in [0.2, 0.25) is 0 Å². The van der Waals surface area contributed by atoms with Crippen LogP contribution in [0.3, 0.4) is 0 Å². The molecule has 1 aliphatic rings. The fraction of sp³-hybridized carbons (Fsp3) is 1.00. The van der Waals surface area contributed by atoms with E-state index in [-0.39, 0.29) is 0 Å². The van der Waals surface area contributed by atoms with Crippen molar-refractivity contribution in [2.45, 2.75) is 65.8 Å². The van der Waals surface area contributed by atoms with E-state index >= 15 is 0 Å². The van der Waals surface area contributed by atoms with Crippen molar-refractivity contribution in [3.05, 3.63) is 0 Å². The third-order valence-corrected chi connectivity index (χ3v) is 4.58. The highest BCUT2D eigenvalue weighted by atomic mass is 16.5. The van der Waals surface area contributed by atoms with Crippen molar-refractivity contribution in [1.29, 1.82) is 0 Å². The minimum Gasteiger partial charge on any atom is -0.380 e. The van der Waals surface area contributed by atoms with Gasteiger partial charge < -0.3 is 10.1 Å². The predicted molar refractivity (Wildman–Crippen MR) is 78.9 cm³/mol. The van der Waals surface area contributed by atoms with Crippen molar-refractivity contribution < 1.29 is 4.74 Å². The molecule has 1 atom stereocenters. The second-order valence-electron chi connectivity index (χ2n) is 6.95. The lowest BCUT2D eigenvalue weighted by molar-refractivity contribution is 0.0707. The molecule has 2 nitrogen and oxygen atoms in total. The van der Waals surface area contributed by atoms with Crippen molar-refractivity contribution in [3.8, 4) is 0 Å². The molecule has 0 saturated heterocycles. The molecule has 0 aromatic heterocycles. The topological polar surface area (TPSA) is 21.3 Å². The zero-order valence-electron chi connectivity index (χ0n) is 13.1. The van der Waals surface area contributed by atoms with Gasteiger partial charge in [-0.1, -0.05) is 27.7 Å². The molecule has 0 amide bonds. The van der Waals surface area contributed by atoms with Gasteiger partial charge in [0.2, 0.25) is 0 Å². The molecule has 1 unspecified atom stereocenters. The van der Waals surface area contributed by atoms with Crippen LogP contribution < -0.4 is 5.32 Å². The first-order chi connectivity index (χ1) is 8.49. The molecule has 108 valence electrons. The molecule has 0 aromatic carbocycles. The maximum Gasteiger partial charge on any atom is 0.0622 e. The smallest absolute Gasteiger partial charge is 0.0622 e. The highest BCUT2D eigenvalue weighted by molar-refractivity contribution is 4.85. The maximum absolute atomic E-state index is 5.72. The largest absolute Gasteiger partial charge is 0.380 e. The van der Waals surface area contributed by atoms with E-state index in [9.17, 15) is 0 Å². The summed E-state index contributed by atoms with van der Waals surface area (Å²) in [6.45, 7) is 11.1. The van der Waals surface area contributed by atoms with Gasteiger partial charge in [0.1, 0.15) is 0 Å². The standard InChI is InChI=1S/C16H33NO/c1-6-11-18-12-15(17-5)13-7-9-14(10-8-13)16(2,3)4/h13-15,17H,6-12H2,1-5H3. The van der Waals surface area contributed by atoms with Crippen molar-refractivity contribution in [1.82, 2.24) is 5.32 Å². The first-order valence-electron chi connectivity index (χ1n) is 7.74. The van der Waals surface area contributed by atoms with Crippen LogP contribution in [0.1, 0.15) is 59.8 Å². The summed E-state index contributed by atoms with van der Waals surface area (Å²) in [6, 6.07) is 0.553. The summed E-state index contributed by atoms with van der Waals surface area (Å²) in [7, 11) is 2.08. The minimum atomic E-state index is 0.485. The molecular weight excluding hydrogens is 222 g/mol. The van der Waals surface area contributed by atoms with Gasteiger partial charge in [-0.2, -0.15) is 0 Å². The summed E-state index contributed by atoms with van der Waals surface area (Å²) in [6.07, 6.45) is 6.62. The first-order valence-corrected chi connectivity index (χ1v) is 7.74. The summed E-state index contributed by atoms with van der Waals surface area (Å²) in [4.78, 5) is 0. The van der Waals surface area contributed by atoms with Crippen molar-refractivity contribution >= 4 is 0 Å². The van der Waals surface area contributed by atoms with E-state index in [1.165, 1.54) is 25.7 Å². The van der Waals surface area contributed by atoms with Crippen molar-refractivity contribution in [2.24, 2.45) is 17.3 Å². The molecule has 0 aliphatic heterocycles. The van der Waals surface area contributed by atoms with Gasteiger partial charge >= 0.3 is 0 Å². The Balaban J connectivity index is 2.35. The summed E-state index contributed by atoms with van der Waals surface area (Å²) in [5.74, 6) is 1.72. The van der Waals surface area contributed by atoms with Crippen LogP contribution in [0.4, 0.5) is 0 Å². The number of nitrogens with one attached hydrogen (secondary N) is 1. The van der Waals surface area contributed by atoms with Crippen LogP contribution in [-0.4, -0.2) is 26.3 Å². The Morgan fingerprint density at radius 2 is 1.78 bits per heavy atom. The van der Waals surface area contributed by atoms with E-state index in [1.54, 1.807) is 0 Å². The average molecular weight is 255 g/mol. The number of hydrogen-bond donors (Lipinski definition) is 1. The number of ether oxygens (including phenoxy) is 1. The van der Waals surface area contributed by atoms with E-state index in [0.717, 1.165) is 31.5 Å². The van der Waals surface area contributed by atoms with Gasteiger partial charge in [0.05, 0.1) is 6.61 Å². The summed E-state index contributed by atoms with van der Waals surface area (Å²) >= 11 is 0. The molecule has 0 radical (unpaired) electrons. The Morgan fingerprint density at radius 1 is 1.17 bits per heavy atom. The minimum absolute atomic E-state index is 0.485. The first kappa shape index (κ1) is 16.0. The van der Waals surface area contributed by atoms with Crippen molar-refractivity contribution in [3.63, 3.8) is 0 Å². The van der Waals surface area contributed by atoms with E-state index in [0.29, 0.717) is 11.5 Å². The fourth-order valence-electron chi connectivity index (χ4n) is 3.20. The van der Waals surface area contributed by atoms with Gasteiger partial charge in [-0.15, -0.1) is 0 Å². The Morgan fingerprint density at radius 3 is 2.22 bits per heavy atom. The molecule has 0 spiro atoms. The Bertz CT molecular complexity index is 214. The van der Waals surface area contributed by atoms with E-state index in [4.69, 9.17) is 4.74 Å². The number of likely N-dealkylation sites (N-methyl/N-ethyl adjacent to an activating group) is 1. The lowest BCUT2D eigenvalue weighted by Gasteiger charge is -2.39. The van der Waals surface area contributed by atoms with E-state index in [1.807, 2.05) is 0 Å². The second kappa shape index (κ2) is 7.49. The quantitative estimate of drug-likeness (QED) is 0.728. The van der Waals surface area contributed by atoms with Gasteiger partial charge in [0.15, 0.2) is 0 Å². The zero-order chi connectivity index (χ0) is 13.6. The van der Waals surface area contributed by atoms with Crippen LogP contribution in [0.5, 0.6) is 0 Å². The molecule has 1 saturated carbocycles. The fourth-order valence-corrected chi connectivity index (χ4v) is 3.20. The molecule has 0 heterocycles. The monoisotopic (exact) mass is 255 g/mol. The van der Waals surface area contributed by atoms with E-state index < -0.39 is 0 Å². The number of rotatable bonds is 6. The molecule has 18 heavy (non-hydrogen) atoms. The molecule has 1 N–H and O–H groups in total. The molecule has 0 bridgehead atoms. The number of hydrogen-bond acceptors (Lipinski definition) is 2. The van der Waals surface area contributed by atoms with Crippen LogP contribution in [0.15, 0.2) is 0 Å². The van der Waals surface area contributed by atoms with Crippen LogP contribution in [-0.2, 0) is 4.74 Å². The SMILES string of the molecule is CCCOCC(NC)C1CCC(C(C)(C)C)CC1. The van der Waals surface area contributed by atoms with Crippen LogP contribution >= 0.6 is 0 Å². The van der Waals surface area contributed by atoms with Crippen LogP contribution in [0, 0.1) is 17.3 Å². The van der Waals surface area contributed by atoms with Gasteiger partial charge in [0, 0.05) is 12.6 Å².